The maximum absolute atomic E-state index is 12.9. The van der Waals surface area contributed by atoms with Crippen LogP contribution < -0.4 is 10.6 Å². The summed E-state index contributed by atoms with van der Waals surface area (Å²) < 4.78 is 44.0. The van der Waals surface area contributed by atoms with Crippen LogP contribution in [0, 0.1) is 0 Å². The number of rotatable bonds is 6. The first-order valence-electron chi connectivity index (χ1n) is 9.65. The Morgan fingerprint density at radius 2 is 2.03 bits per heavy atom. The largest absolute Gasteiger partial charge is 0.416 e. The number of carbonyl (C=O) groups excluding carboxylic acids is 1. The van der Waals surface area contributed by atoms with Gasteiger partial charge >= 0.3 is 6.18 Å². The molecule has 0 aliphatic carbocycles. The normalized spacial score (nSPS) is 11.6. The van der Waals surface area contributed by atoms with Crippen LogP contribution in [0.3, 0.4) is 0 Å². The van der Waals surface area contributed by atoms with Crippen LogP contribution in [0.25, 0.3) is 22.6 Å². The first kappa shape index (κ1) is 21.5. The lowest BCUT2D eigenvalue weighted by molar-refractivity contribution is -0.137. The van der Waals surface area contributed by atoms with Crippen molar-refractivity contribution in [1.29, 1.82) is 0 Å². The summed E-state index contributed by atoms with van der Waals surface area (Å²) in [6.45, 7) is 0.0278. The molecule has 5 aromatic rings. The molecule has 0 spiro atoms. The number of aromatic amines is 1. The summed E-state index contributed by atoms with van der Waals surface area (Å²) in [6, 6.07) is 6.21. The van der Waals surface area contributed by atoms with E-state index in [-0.39, 0.29) is 29.3 Å². The molecule has 4 aromatic heterocycles. The van der Waals surface area contributed by atoms with Crippen LogP contribution in [0.4, 0.5) is 24.1 Å². The number of carbonyl (C=O) groups is 1. The highest BCUT2D eigenvalue weighted by atomic mass is 32.1. The van der Waals surface area contributed by atoms with Gasteiger partial charge in [0.25, 0.3) is 5.91 Å². The molecule has 0 saturated heterocycles. The van der Waals surface area contributed by atoms with Gasteiger partial charge in [-0.3, -0.25) is 4.79 Å². The molecular weight excluding hydrogens is 473 g/mol. The molecule has 0 aliphatic heterocycles. The van der Waals surface area contributed by atoms with Crippen LogP contribution in [0.1, 0.15) is 21.7 Å². The number of aromatic nitrogens is 6. The number of nitrogens with zero attached hydrogens (tertiary/aromatic N) is 5. The summed E-state index contributed by atoms with van der Waals surface area (Å²) in [5.74, 6) is 0.383. The van der Waals surface area contributed by atoms with Crippen molar-refractivity contribution in [2.24, 2.45) is 0 Å². The molecule has 1 aromatic carbocycles. The molecule has 34 heavy (non-hydrogen) atoms. The first-order valence-corrected chi connectivity index (χ1v) is 10.5. The third-order valence-electron chi connectivity index (χ3n) is 4.60. The summed E-state index contributed by atoms with van der Waals surface area (Å²) in [6.07, 6.45) is -1.57. The number of H-pyrrole nitrogens is 1. The molecule has 0 atom stereocenters. The van der Waals surface area contributed by atoms with Crippen molar-refractivity contribution in [3.63, 3.8) is 0 Å². The van der Waals surface area contributed by atoms with Crippen LogP contribution in [-0.2, 0) is 12.7 Å². The van der Waals surface area contributed by atoms with Crippen LogP contribution >= 0.6 is 11.3 Å². The van der Waals surface area contributed by atoms with Crippen molar-refractivity contribution < 1.29 is 22.5 Å². The predicted molar refractivity (Wildman–Crippen MR) is 115 cm³/mol. The quantitative estimate of drug-likeness (QED) is 0.326. The fourth-order valence-electron chi connectivity index (χ4n) is 3.02. The minimum atomic E-state index is -4.46. The molecule has 0 fully saturated rings. The van der Waals surface area contributed by atoms with Gasteiger partial charge in [-0.2, -0.15) is 13.2 Å². The van der Waals surface area contributed by atoms with E-state index in [0.29, 0.717) is 22.2 Å². The number of amides is 1. The Morgan fingerprint density at radius 1 is 1.15 bits per heavy atom. The molecule has 14 heteroatoms. The van der Waals surface area contributed by atoms with E-state index in [9.17, 15) is 18.0 Å². The Bertz CT molecular complexity index is 1460. The molecule has 1 amide bonds. The van der Waals surface area contributed by atoms with E-state index in [1.54, 1.807) is 11.6 Å². The van der Waals surface area contributed by atoms with Gasteiger partial charge in [0.05, 0.1) is 23.1 Å². The lowest BCUT2D eigenvalue weighted by Gasteiger charge is -2.05. The van der Waals surface area contributed by atoms with Crippen LogP contribution in [0.5, 0.6) is 0 Å². The van der Waals surface area contributed by atoms with E-state index in [1.165, 1.54) is 35.9 Å². The van der Waals surface area contributed by atoms with Gasteiger partial charge in [-0.05, 0) is 18.2 Å². The van der Waals surface area contributed by atoms with Crippen molar-refractivity contribution >= 4 is 39.2 Å². The second-order valence-electron chi connectivity index (χ2n) is 6.93. The summed E-state index contributed by atoms with van der Waals surface area (Å²) in [5, 5.41) is 11.9. The lowest BCUT2D eigenvalue weighted by atomic mass is 10.2. The molecule has 3 N–H and O–H groups in total. The fraction of sp³-hybridized carbons (Fsp3) is 0.100. The van der Waals surface area contributed by atoms with Gasteiger partial charge in [0.2, 0.25) is 5.76 Å². The number of fused-ring (bicyclic) bond motifs is 1. The first-order chi connectivity index (χ1) is 16.3. The maximum atomic E-state index is 12.9. The minimum Gasteiger partial charge on any atom is -0.353 e. The number of nitrogens with one attached hydrogen (secondary N) is 3. The van der Waals surface area contributed by atoms with E-state index in [4.69, 9.17) is 4.52 Å². The van der Waals surface area contributed by atoms with Gasteiger partial charge in [-0.1, -0.05) is 5.16 Å². The van der Waals surface area contributed by atoms with Crippen molar-refractivity contribution in [2.75, 3.05) is 5.32 Å². The van der Waals surface area contributed by atoms with Crippen LogP contribution in [-0.4, -0.2) is 36.0 Å². The number of hydrogen-bond acceptors (Lipinski definition) is 9. The summed E-state index contributed by atoms with van der Waals surface area (Å²) in [7, 11) is 0. The summed E-state index contributed by atoms with van der Waals surface area (Å²) >= 11 is 1.38. The van der Waals surface area contributed by atoms with Crippen molar-refractivity contribution in [2.45, 2.75) is 12.7 Å². The second-order valence-corrected chi connectivity index (χ2v) is 7.83. The minimum absolute atomic E-state index is 0.0278. The van der Waals surface area contributed by atoms with Gasteiger partial charge in [0, 0.05) is 23.7 Å². The number of hydrogen-bond donors (Lipinski definition) is 3. The van der Waals surface area contributed by atoms with Crippen molar-refractivity contribution in [3.05, 3.63) is 65.2 Å². The van der Waals surface area contributed by atoms with Gasteiger partial charge < -0.3 is 20.1 Å². The van der Waals surface area contributed by atoms with Gasteiger partial charge in [-0.25, -0.2) is 19.9 Å². The number of imidazole rings is 1. The highest BCUT2D eigenvalue weighted by Crippen LogP contribution is 2.31. The van der Waals surface area contributed by atoms with Crippen molar-refractivity contribution in [1.82, 2.24) is 35.4 Å². The topological polar surface area (TPSA) is 135 Å². The van der Waals surface area contributed by atoms with E-state index < -0.39 is 17.6 Å². The molecule has 0 bridgehead atoms. The highest BCUT2D eigenvalue weighted by Gasteiger charge is 2.30. The fourth-order valence-corrected chi connectivity index (χ4v) is 3.55. The van der Waals surface area contributed by atoms with Gasteiger partial charge in [0.15, 0.2) is 11.0 Å². The molecule has 4 heterocycles. The SMILES string of the molecule is O=C(NCc1cc(-c2nc3ccc(C(F)(F)F)cc3[nH]2)on1)c1cc(Nc2nccs2)ncn1. The zero-order valence-corrected chi connectivity index (χ0v) is 17.7. The summed E-state index contributed by atoms with van der Waals surface area (Å²) in [5.41, 5.74) is 0.290. The maximum Gasteiger partial charge on any atom is 0.416 e. The zero-order valence-electron chi connectivity index (χ0n) is 16.9. The molecular formula is C20H13F3N8O2S. The Balaban J connectivity index is 1.25. The van der Waals surface area contributed by atoms with Gasteiger partial charge in [0.1, 0.15) is 23.5 Å². The molecule has 172 valence electrons. The number of anilines is 2. The Kier molecular flexibility index (Phi) is 5.41. The van der Waals surface area contributed by atoms with E-state index >= 15 is 0 Å². The average molecular weight is 486 g/mol. The van der Waals surface area contributed by atoms with Crippen LogP contribution in [0.2, 0.25) is 0 Å². The molecule has 0 radical (unpaired) electrons. The Hall–Kier alpha value is -4.33. The second kappa shape index (κ2) is 8.55. The number of benzene rings is 1. The third kappa shape index (κ3) is 4.56. The average Bonchev–Trinajstić information content (AvgIpc) is 3.57. The van der Waals surface area contributed by atoms with Gasteiger partial charge in [-0.15, -0.1) is 11.3 Å². The van der Waals surface area contributed by atoms with Crippen LogP contribution in [0.15, 0.2) is 52.8 Å². The molecule has 0 unspecified atom stereocenters. The van der Waals surface area contributed by atoms with E-state index in [1.807, 2.05) is 0 Å². The standard InChI is InChI=1S/C20H13F3N8O2S/c21-20(22,23)10-1-2-12-13(5-10)29-17(28-12)15-6-11(31-33-15)8-25-18(32)14-7-16(27-9-26-14)30-19-24-3-4-34-19/h1-7,9H,8H2,(H,25,32)(H,28,29)(H,24,26,27,30). The number of alkyl halides is 3. The molecule has 0 aliphatic rings. The zero-order chi connectivity index (χ0) is 23.7. The smallest absolute Gasteiger partial charge is 0.353 e. The molecule has 0 saturated carbocycles. The number of thiazole rings is 1. The van der Waals surface area contributed by atoms with E-state index in [0.717, 1.165) is 12.1 Å². The monoisotopic (exact) mass is 486 g/mol. The third-order valence-corrected chi connectivity index (χ3v) is 5.29. The predicted octanol–water partition coefficient (Wildman–Crippen LogP) is 4.16. The number of halogens is 3. The summed E-state index contributed by atoms with van der Waals surface area (Å²) in [4.78, 5) is 31.6. The van der Waals surface area contributed by atoms with E-state index in [2.05, 4.69) is 40.7 Å². The Morgan fingerprint density at radius 3 is 2.82 bits per heavy atom. The molecule has 10 nitrogen and oxygen atoms in total. The Labute approximate surface area is 192 Å². The lowest BCUT2D eigenvalue weighted by Crippen LogP contribution is -2.24. The van der Waals surface area contributed by atoms with Crippen molar-refractivity contribution in [3.8, 4) is 11.6 Å². The molecule has 5 rings (SSSR count). The highest BCUT2D eigenvalue weighted by molar-refractivity contribution is 7.13.